The van der Waals surface area contributed by atoms with Crippen LogP contribution in [0.3, 0.4) is 0 Å². The molecule has 0 spiro atoms. The van der Waals surface area contributed by atoms with Crippen molar-refractivity contribution in [1.82, 2.24) is 5.32 Å². The number of hydrogen-bond acceptors (Lipinski definition) is 2. The molecule has 1 aromatic carbocycles. The van der Waals surface area contributed by atoms with Crippen LogP contribution >= 0.6 is 0 Å². The number of aromatic hydroxyl groups is 1. The average molecular weight is 222 g/mol. The lowest BCUT2D eigenvalue weighted by molar-refractivity contribution is 0.252. The summed E-state index contributed by atoms with van der Waals surface area (Å²) in [5.41, 5.74) is 1.47. The van der Waals surface area contributed by atoms with Gasteiger partial charge in [0, 0.05) is 6.54 Å². The van der Waals surface area contributed by atoms with E-state index in [-0.39, 0.29) is 11.8 Å². The Labute approximate surface area is 95.7 Å². The number of anilines is 1. The molecule has 0 fully saturated rings. The zero-order valence-corrected chi connectivity index (χ0v) is 9.87. The summed E-state index contributed by atoms with van der Waals surface area (Å²) in [5, 5.41) is 14.9. The normalized spacial score (nSPS) is 10.2. The van der Waals surface area contributed by atoms with Crippen LogP contribution in [0.25, 0.3) is 0 Å². The summed E-state index contributed by atoms with van der Waals surface area (Å²) in [6, 6.07) is 4.97. The van der Waals surface area contributed by atoms with Gasteiger partial charge in [0.1, 0.15) is 5.75 Å². The van der Waals surface area contributed by atoms with E-state index in [0.29, 0.717) is 18.2 Å². The van der Waals surface area contributed by atoms with Gasteiger partial charge in [0.2, 0.25) is 0 Å². The van der Waals surface area contributed by atoms with Gasteiger partial charge in [0.05, 0.1) is 5.69 Å². The molecule has 0 aliphatic carbocycles. The number of carbonyl (C=O) groups excluding carboxylic acids is 1. The lowest BCUT2D eigenvalue weighted by Crippen LogP contribution is -2.28. The molecular formula is C12H18N2O2. The highest BCUT2D eigenvalue weighted by molar-refractivity contribution is 5.90. The molecule has 1 rings (SSSR count). The third-order valence-electron chi connectivity index (χ3n) is 2.27. The molecule has 0 atom stereocenters. The van der Waals surface area contributed by atoms with Gasteiger partial charge < -0.3 is 15.7 Å². The number of nitrogens with one attached hydrogen (secondary N) is 2. The lowest BCUT2D eigenvalue weighted by atomic mass is 10.0. The summed E-state index contributed by atoms with van der Waals surface area (Å²) in [5.74, 6) is 0.446. The Bertz CT molecular complexity index is 375. The monoisotopic (exact) mass is 222 g/mol. The second kappa shape index (κ2) is 5.39. The molecule has 0 heterocycles. The Balaban J connectivity index is 2.79. The summed E-state index contributed by atoms with van der Waals surface area (Å²) in [4.78, 5) is 11.3. The van der Waals surface area contributed by atoms with Crippen LogP contribution in [0.4, 0.5) is 10.5 Å². The number of carbonyl (C=O) groups is 1. The van der Waals surface area contributed by atoms with Crippen LogP contribution < -0.4 is 10.6 Å². The fourth-order valence-corrected chi connectivity index (χ4v) is 1.34. The smallest absolute Gasteiger partial charge is 0.319 e. The van der Waals surface area contributed by atoms with Gasteiger partial charge in [-0.2, -0.15) is 0 Å². The Morgan fingerprint density at radius 2 is 2.12 bits per heavy atom. The zero-order chi connectivity index (χ0) is 12.1. The molecule has 16 heavy (non-hydrogen) atoms. The highest BCUT2D eigenvalue weighted by Gasteiger charge is 2.07. The van der Waals surface area contributed by atoms with Gasteiger partial charge in [0.15, 0.2) is 0 Å². The van der Waals surface area contributed by atoms with Crippen LogP contribution in [0.5, 0.6) is 5.75 Å². The molecule has 0 radical (unpaired) electrons. The average Bonchev–Trinajstić information content (AvgIpc) is 2.21. The van der Waals surface area contributed by atoms with Gasteiger partial charge in [0.25, 0.3) is 0 Å². The minimum atomic E-state index is -0.310. The minimum absolute atomic E-state index is 0.0949. The SMILES string of the molecule is CCNC(=O)Nc1ccc(C(C)C)cc1O. The van der Waals surface area contributed by atoms with Gasteiger partial charge >= 0.3 is 6.03 Å². The molecule has 0 saturated carbocycles. The van der Waals surface area contributed by atoms with Gasteiger partial charge in [-0.25, -0.2) is 4.79 Å². The largest absolute Gasteiger partial charge is 0.506 e. The fraction of sp³-hybridized carbons (Fsp3) is 0.417. The maximum atomic E-state index is 11.3. The molecule has 88 valence electrons. The maximum Gasteiger partial charge on any atom is 0.319 e. The first-order valence-electron chi connectivity index (χ1n) is 5.42. The van der Waals surface area contributed by atoms with Crippen LogP contribution in [0, 0.1) is 0 Å². The van der Waals surface area contributed by atoms with E-state index >= 15 is 0 Å². The van der Waals surface area contributed by atoms with E-state index in [1.165, 1.54) is 0 Å². The molecule has 2 amide bonds. The van der Waals surface area contributed by atoms with Crippen molar-refractivity contribution in [2.75, 3.05) is 11.9 Å². The summed E-state index contributed by atoms with van der Waals surface area (Å²) in [7, 11) is 0. The van der Waals surface area contributed by atoms with Crippen molar-refractivity contribution in [3.05, 3.63) is 23.8 Å². The van der Waals surface area contributed by atoms with E-state index in [4.69, 9.17) is 0 Å². The van der Waals surface area contributed by atoms with Gasteiger partial charge in [-0.1, -0.05) is 19.9 Å². The van der Waals surface area contributed by atoms with Crippen molar-refractivity contribution in [2.45, 2.75) is 26.7 Å². The topological polar surface area (TPSA) is 61.4 Å². The molecule has 0 bridgehead atoms. The first kappa shape index (κ1) is 12.4. The first-order valence-corrected chi connectivity index (χ1v) is 5.42. The molecule has 0 unspecified atom stereocenters. The number of rotatable bonds is 3. The van der Waals surface area contributed by atoms with E-state index in [1.807, 2.05) is 26.8 Å². The van der Waals surface area contributed by atoms with Crippen molar-refractivity contribution in [3.8, 4) is 5.75 Å². The van der Waals surface area contributed by atoms with E-state index in [1.54, 1.807) is 12.1 Å². The third kappa shape index (κ3) is 3.15. The molecule has 4 nitrogen and oxygen atoms in total. The Morgan fingerprint density at radius 1 is 1.44 bits per heavy atom. The van der Waals surface area contributed by atoms with Crippen LogP contribution in [0.1, 0.15) is 32.3 Å². The number of phenols is 1. The van der Waals surface area contributed by atoms with Crippen molar-refractivity contribution in [2.24, 2.45) is 0 Å². The molecule has 0 aliphatic heterocycles. The Morgan fingerprint density at radius 3 is 2.62 bits per heavy atom. The van der Waals surface area contributed by atoms with Crippen molar-refractivity contribution in [3.63, 3.8) is 0 Å². The van der Waals surface area contributed by atoms with Crippen LogP contribution in [-0.2, 0) is 0 Å². The second-order valence-corrected chi connectivity index (χ2v) is 3.92. The number of urea groups is 1. The number of benzene rings is 1. The summed E-state index contributed by atoms with van der Waals surface area (Å²) in [6.07, 6.45) is 0. The standard InChI is InChI=1S/C12H18N2O2/c1-4-13-12(16)14-10-6-5-9(8(2)3)7-11(10)15/h5-8,15H,4H2,1-3H3,(H2,13,14,16). The molecule has 0 aromatic heterocycles. The highest BCUT2D eigenvalue weighted by atomic mass is 16.3. The van der Waals surface area contributed by atoms with Gasteiger partial charge in [-0.05, 0) is 30.5 Å². The molecule has 1 aromatic rings. The predicted molar refractivity (Wildman–Crippen MR) is 64.9 cm³/mol. The highest BCUT2D eigenvalue weighted by Crippen LogP contribution is 2.27. The van der Waals surface area contributed by atoms with Crippen molar-refractivity contribution >= 4 is 11.7 Å². The van der Waals surface area contributed by atoms with E-state index in [9.17, 15) is 9.90 Å². The minimum Gasteiger partial charge on any atom is -0.506 e. The lowest BCUT2D eigenvalue weighted by Gasteiger charge is -2.11. The summed E-state index contributed by atoms with van der Waals surface area (Å²) < 4.78 is 0. The van der Waals surface area contributed by atoms with E-state index < -0.39 is 0 Å². The molecule has 0 aliphatic rings. The Hall–Kier alpha value is -1.71. The molecule has 3 N–H and O–H groups in total. The van der Waals surface area contributed by atoms with Crippen molar-refractivity contribution in [1.29, 1.82) is 0 Å². The number of hydrogen-bond donors (Lipinski definition) is 3. The van der Waals surface area contributed by atoms with E-state index in [0.717, 1.165) is 5.56 Å². The van der Waals surface area contributed by atoms with Crippen LogP contribution in [-0.4, -0.2) is 17.7 Å². The first-order chi connectivity index (χ1) is 7.54. The summed E-state index contributed by atoms with van der Waals surface area (Å²) in [6.45, 7) is 6.48. The zero-order valence-electron chi connectivity index (χ0n) is 9.87. The maximum absolute atomic E-state index is 11.3. The van der Waals surface area contributed by atoms with Crippen LogP contribution in [0.15, 0.2) is 18.2 Å². The molecular weight excluding hydrogens is 204 g/mol. The number of phenolic OH excluding ortho intramolecular Hbond substituents is 1. The predicted octanol–water partition coefficient (Wildman–Crippen LogP) is 2.66. The fourth-order valence-electron chi connectivity index (χ4n) is 1.34. The molecule has 4 heteroatoms. The van der Waals surface area contributed by atoms with Gasteiger partial charge in [-0.15, -0.1) is 0 Å². The molecule has 0 saturated heterocycles. The second-order valence-electron chi connectivity index (χ2n) is 3.92. The summed E-state index contributed by atoms with van der Waals surface area (Å²) >= 11 is 0. The van der Waals surface area contributed by atoms with Crippen LogP contribution in [0.2, 0.25) is 0 Å². The van der Waals surface area contributed by atoms with Gasteiger partial charge in [-0.3, -0.25) is 0 Å². The van der Waals surface area contributed by atoms with Crippen molar-refractivity contribution < 1.29 is 9.90 Å². The quantitative estimate of drug-likeness (QED) is 0.688. The third-order valence-corrected chi connectivity index (χ3v) is 2.27. The number of amides is 2. The van der Waals surface area contributed by atoms with E-state index in [2.05, 4.69) is 10.6 Å². The Kier molecular flexibility index (Phi) is 4.17.